The first-order valence-electron chi connectivity index (χ1n) is 9.21. The lowest BCUT2D eigenvalue weighted by atomic mass is 9.99. The molecule has 0 radical (unpaired) electrons. The molecule has 0 amide bonds. The monoisotopic (exact) mass is 420 g/mol. The van der Waals surface area contributed by atoms with Crippen molar-refractivity contribution in [3.05, 3.63) is 47.8 Å². The predicted octanol–water partition coefficient (Wildman–Crippen LogP) is -0.497. The van der Waals surface area contributed by atoms with Crippen molar-refractivity contribution >= 4 is 11.9 Å². The van der Waals surface area contributed by atoms with E-state index < -0.39 is 37.3 Å². The molecule has 10 nitrogen and oxygen atoms in total. The summed E-state index contributed by atoms with van der Waals surface area (Å²) in [5.41, 5.74) is 1.10. The van der Waals surface area contributed by atoms with Crippen LogP contribution in [0.2, 0.25) is 0 Å². The Bertz CT molecular complexity index is 910. The quantitative estimate of drug-likeness (QED) is 0.344. The second kappa shape index (κ2) is 9.37. The van der Waals surface area contributed by atoms with Crippen LogP contribution in [0.15, 0.2) is 36.5 Å². The summed E-state index contributed by atoms with van der Waals surface area (Å²) >= 11 is 0. The molecular formula is C20H24N2O8. The van der Waals surface area contributed by atoms with Gasteiger partial charge in [-0.2, -0.15) is 5.10 Å². The molecule has 0 bridgehead atoms. The number of carbonyl (C=O) groups excluding carboxylic acids is 1. The topological polar surface area (TPSA) is 144 Å². The standard InChI is InChI=1S/C20H24N2O8/c1-22-12(7-8-21-22)13(24)5-3-11-4-6-14(15(9-11)28-2)29-20-19(27)18(26)17(25)16(10-23)30-20/h3-9,16-20,23,25-27H,10H2,1-2H3. The lowest BCUT2D eigenvalue weighted by Crippen LogP contribution is -2.60. The number of aliphatic hydroxyl groups excluding tert-OH is 4. The normalized spacial score (nSPS) is 26.7. The Labute approximate surface area is 172 Å². The Morgan fingerprint density at radius 2 is 1.97 bits per heavy atom. The number of aryl methyl sites for hydroxylation is 1. The summed E-state index contributed by atoms with van der Waals surface area (Å²) in [5.74, 6) is 0.287. The molecule has 0 aliphatic carbocycles. The van der Waals surface area contributed by atoms with Crippen LogP contribution in [-0.4, -0.2) is 80.4 Å². The maximum absolute atomic E-state index is 12.2. The summed E-state index contributed by atoms with van der Waals surface area (Å²) in [5, 5.41) is 43.1. The lowest BCUT2D eigenvalue weighted by molar-refractivity contribution is -0.277. The smallest absolute Gasteiger partial charge is 0.229 e. The van der Waals surface area contributed by atoms with Gasteiger partial charge >= 0.3 is 0 Å². The summed E-state index contributed by atoms with van der Waals surface area (Å²) in [6.07, 6.45) is -2.43. The van der Waals surface area contributed by atoms with Crippen molar-refractivity contribution in [3.63, 3.8) is 0 Å². The van der Waals surface area contributed by atoms with Gasteiger partial charge < -0.3 is 34.6 Å². The van der Waals surface area contributed by atoms with Crippen molar-refractivity contribution in [3.8, 4) is 11.5 Å². The largest absolute Gasteiger partial charge is 0.493 e. The van der Waals surface area contributed by atoms with E-state index in [1.54, 1.807) is 37.4 Å². The Balaban J connectivity index is 1.75. The number of aromatic nitrogens is 2. The number of methoxy groups -OCH3 is 1. The Hall–Kier alpha value is -2.76. The average Bonchev–Trinajstić information content (AvgIpc) is 3.18. The molecule has 1 aromatic heterocycles. The van der Waals surface area contributed by atoms with Gasteiger partial charge in [0, 0.05) is 13.2 Å². The highest BCUT2D eigenvalue weighted by atomic mass is 16.7. The van der Waals surface area contributed by atoms with E-state index >= 15 is 0 Å². The highest BCUT2D eigenvalue weighted by molar-refractivity contribution is 6.05. The van der Waals surface area contributed by atoms with Crippen molar-refractivity contribution in [2.45, 2.75) is 30.7 Å². The first-order chi connectivity index (χ1) is 14.3. The number of hydrogen-bond donors (Lipinski definition) is 4. The summed E-state index contributed by atoms with van der Waals surface area (Å²) in [4.78, 5) is 12.2. The van der Waals surface area contributed by atoms with Gasteiger partial charge in [-0.25, -0.2) is 0 Å². The van der Waals surface area contributed by atoms with E-state index in [0.717, 1.165) is 0 Å². The molecule has 1 aliphatic heterocycles. The van der Waals surface area contributed by atoms with Gasteiger partial charge in [0.05, 0.1) is 13.7 Å². The van der Waals surface area contributed by atoms with Crippen molar-refractivity contribution in [2.24, 2.45) is 7.05 Å². The van der Waals surface area contributed by atoms with Crippen LogP contribution in [-0.2, 0) is 11.8 Å². The molecule has 1 fully saturated rings. The Kier molecular flexibility index (Phi) is 6.85. The molecule has 5 atom stereocenters. The number of ketones is 1. The van der Waals surface area contributed by atoms with E-state index in [2.05, 4.69) is 5.10 Å². The molecule has 10 heteroatoms. The predicted molar refractivity (Wildman–Crippen MR) is 104 cm³/mol. The first-order valence-corrected chi connectivity index (χ1v) is 9.21. The number of aliphatic hydroxyl groups is 4. The fraction of sp³-hybridized carbons (Fsp3) is 0.400. The van der Waals surface area contributed by atoms with Crippen LogP contribution in [0.1, 0.15) is 16.1 Å². The van der Waals surface area contributed by atoms with E-state index in [9.17, 15) is 25.2 Å². The highest BCUT2D eigenvalue weighted by Gasteiger charge is 2.44. The molecule has 1 aliphatic rings. The van der Waals surface area contributed by atoms with Gasteiger partial charge in [0.2, 0.25) is 12.1 Å². The minimum atomic E-state index is -1.55. The van der Waals surface area contributed by atoms with Crippen molar-refractivity contribution in [2.75, 3.05) is 13.7 Å². The van der Waals surface area contributed by atoms with Crippen LogP contribution >= 0.6 is 0 Å². The number of rotatable bonds is 7. The van der Waals surface area contributed by atoms with Gasteiger partial charge in [0.1, 0.15) is 30.1 Å². The SMILES string of the molecule is COc1cc(C=CC(=O)c2ccnn2C)ccc1OC1OC(CO)C(O)C(O)C1O. The van der Waals surface area contributed by atoms with Crippen molar-refractivity contribution < 1.29 is 39.4 Å². The van der Waals surface area contributed by atoms with Crippen LogP contribution in [0, 0.1) is 0 Å². The summed E-state index contributed by atoms with van der Waals surface area (Å²) in [7, 11) is 3.10. The molecule has 1 saturated heterocycles. The minimum absolute atomic E-state index is 0.206. The molecule has 2 aromatic rings. The van der Waals surface area contributed by atoms with Crippen LogP contribution in [0.25, 0.3) is 6.08 Å². The van der Waals surface area contributed by atoms with Gasteiger partial charge in [0.15, 0.2) is 11.5 Å². The third kappa shape index (κ3) is 4.53. The molecule has 2 heterocycles. The van der Waals surface area contributed by atoms with Crippen LogP contribution < -0.4 is 9.47 Å². The van der Waals surface area contributed by atoms with E-state index in [-0.39, 0.29) is 11.5 Å². The maximum atomic E-state index is 12.2. The fourth-order valence-corrected chi connectivity index (χ4v) is 3.05. The van der Waals surface area contributed by atoms with Gasteiger partial charge in [-0.1, -0.05) is 12.1 Å². The number of benzene rings is 1. The van der Waals surface area contributed by atoms with E-state index in [0.29, 0.717) is 17.0 Å². The first kappa shape index (κ1) is 21.9. The Morgan fingerprint density at radius 3 is 2.60 bits per heavy atom. The summed E-state index contributed by atoms with van der Waals surface area (Å²) < 4.78 is 17.7. The average molecular weight is 420 g/mol. The van der Waals surface area contributed by atoms with Crippen LogP contribution in [0.5, 0.6) is 11.5 Å². The Morgan fingerprint density at radius 1 is 1.20 bits per heavy atom. The fourth-order valence-electron chi connectivity index (χ4n) is 3.05. The van der Waals surface area contributed by atoms with Crippen molar-refractivity contribution in [1.29, 1.82) is 0 Å². The number of ether oxygens (including phenoxy) is 3. The summed E-state index contributed by atoms with van der Waals surface area (Å²) in [6.45, 7) is -0.559. The molecule has 1 aromatic carbocycles. The molecule has 30 heavy (non-hydrogen) atoms. The zero-order chi connectivity index (χ0) is 21.8. The van der Waals surface area contributed by atoms with Gasteiger partial charge in [0.25, 0.3) is 0 Å². The van der Waals surface area contributed by atoms with Crippen LogP contribution in [0.3, 0.4) is 0 Å². The molecular weight excluding hydrogens is 396 g/mol. The number of carbonyl (C=O) groups is 1. The van der Waals surface area contributed by atoms with Crippen LogP contribution in [0.4, 0.5) is 0 Å². The minimum Gasteiger partial charge on any atom is -0.493 e. The van der Waals surface area contributed by atoms with E-state index in [1.807, 2.05) is 0 Å². The lowest BCUT2D eigenvalue weighted by Gasteiger charge is -2.39. The molecule has 0 saturated carbocycles. The van der Waals surface area contributed by atoms with Gasteiger partial charge in [-0.3, -0.25) is 9.48 Å². The van der Waals surface area contributed by atoms with Crippen molar-refractivity contribution in [1.82, 2.24) is 9.78 Å². The molecule has 3 rings (SSSR count). The molecule has 162 valence electrons. The number of nitrogens with zero attached hydrogens (tertiary/aromatic N) is 2. The zero-order valence-corrected chi connectivity index (χ0v) is 16.5. The second-order valence-electron chi connectivity index (χ2n) is 6.76. The third-order valence-corrected chi connectivity index (χ3v) is 4.78. The number of allylic oxidation sites excluding steroid dienone is 1. The maximum Gasteiger partial charge on any atom is 0.229 e. The second-order valence-corrected chi connectivity index (χ2v) is 6.76. The van der Waals surface area contributed by atoms with E-state index in [1.165, 1.54) is 24.1 Å². The molecule has 0 spiro atoms. The zero-order valence-electron chi connectivity index (χ0n) is 16.5. The number of hydrogen-bond acceptors (Lipinski definition) is 9. The van der Waals surface area contributed by atoms with E-state index in [4.69, 9.17) is 14.2 Å². The highest BCUT2D eigenvalue weighted by Crippen LogP contribution is 2.32. The summed E-state index contributed by atoms with van der Waals surface area (Å²) in [6, 6.07) is 6.44. The van der Waals surface area contributed by atoms with Gasteiger partial charge in [-0.15, -0.1) is 0 Å². The van der Waals surface area contributed by atoms with Gasteiger partial charge in [-0.05, 0) is 29.8 Å². The third-order valence-electron chi connectivity index (χ3n) is 4.78. The molecule has 4 N–H and O–H groups in total. The molecule has 5 unspecified atom stereocenters.